The number of hydrogen-bond acceptors (Lipinski definition) is 5. The third kappa shape index (κ3) is 2.61. The maximum absolute atomic E-state index is 12.2. The topological polar surface area (TPSA) is 106 Å². The Labute approximate surface area is 109 Å². The molecule has 7 nitrogen and oxygen atoms in total. The number of ether oxygens (including phenoxy) is 1. The smallest absolute Gasteiger partial charge is 0.326 e. The summed E-state index contributed by atoms with van der Waals surface area (Å²) in [6, 6.07) is 2.22. The Balaban J connectivity index is 2.18. The molecule has 1 aromatic rings. The number of nitrogens with two attached hydrogens (primary N) is 1. The Bertz CT molecular complexity index is 484. The molecule has 2 rings (SSSR count). The van der Waals surface area contributed by atoms with Gasteiger partial charge in [-0.3, -0.25) is 4.79 Å². The quantitative estimate of drug-likeness (QED) is 0.799. The van der Waals surface area contributed by atoms with E-state index in [-0.39, 0.29) is 31.4 Å². The van der Waals surface area contributed by atoms with Crippen LogP contribution in [0.4, 0.5) is 0 Å². The molecule has 0 spiro atoms. The highest BCUT2D eigenvalue weighted by Gasteiger charge is 2.40. The van der Waals surface area contributed by atoms with E-state index in [2.05, 4.69) is 0 Å². The molecule has 2 atom stereocenters. The molecule has 7 heteroatoms. The van der Waals surface area contributed by atoms with Gasteiger partial charge in [-0.2, -0.15) is 0 Å². The summed E-state index contributed by atoms with van der Waals surface area (Å²) in [6.45, 7) is 0.432. The van der Waals surface area contributed by atoms with Gasteiger partial charge in [0.2, 0.25) is 0 Å². The van der Waals surface area contributed by atoms with Crippen LogP contribution in [-0.2, 0) is 16.1 Å². The molecule has 0 aromatic carbocycles. The van der Waals surface area contributed by atoms with E-state index in [4.69, 9.17) is 20.0 Å². The van der Waals surface area contributed by atoms with Gasteiger partial charge in [-0.25, -0.2) is 4.79 Å². The fourth-order valence-electron chi connectivity index (χ4n) is 2.17. The van der Waals surface area contributed by atoms with Crippen LogP contribution >= 0.6 is 0 Å². The van der Waals surface area contributed by atoms with Gasteiger partial charge >= 0.3 is 5.97 Å². The van der Waals surface area contributed by atoms with E-state index in [9.17, 15) is 9.59 Å². The summed E-state index contributed by atoms with van der Waals surface area (Å²) in [7, 11) is 1.50. The highest BCUT2D eigenvalue weighted by molar-refractivity contribution is 5.94. The summed E-state index contributed by atoms with van der Waals surface area (Å²) in [6.07, 6.45) is 0.0103. The third-order valence-corrected chi connectivity index (χ3v) is 3.22. The second kappa shape index (κ2) is 5.41. The fraction of sp³-hybridized carbons (Fsp3) is 0.500. The lowest BCUT2D eigenvalue weighted by atomic mass is 10.2. The predicted molar refractivity (Wildman–Crippen MR) is 64.5 cm³/mol. The van der Waals surface area contributed by atoms with Crippen LogP contribution in [0.2, 0.25) is 0 Å². The van der Waals surface area contributed by atoms with Crippen molar-refractivity contribution in [3.8, 4) is 0 Å². The van der Waals surface area contributed by atoms with E-state index in [1.165, 1.54) is 18.1 Å². The summed E-state index contributed by atoms with van der Waals surface area (Å²) in [5.74, 6) is -0.911. The van der Waals surface area contributed by atoms with Crippen LogP contribution in [0, 0.1) is 0 Å². The molecule has 1 amide bonds. The Hall–Kier alpha value is -1.86. The van der Waals surface area contributed by atoms with E-state index in [0.29, 0.717) is 5.76 Å². The minimum Gasteiger partial charge on any atom is -0.480 e. The number of carboxylic acids is 1. The van der Waals surface area contributed by atoms with Crippen molar-refractivity contribution >= 4 is 11.9 Å². The zero-order valence-electron chi connectivity index (χ0n) is 10.5. The van der Waals surface area contributed by atoms with E-state index in [1.807, 2.05) is 0 Å². The van der Waals surface area contributed by atoms with Crippen molar-refractivity contribution in [2.45, 2.75) is 25.1 Å². The van der Waals surface area contributed by atoms with Gasteiger partial charge in [-0.15, -0.1) is 0 Å². The lowest BCUT2D eigenvalue weighted by Gasteiger charge is -2.19. The lowest BCUT2D eigenvalue weighted by molar-refractivity contribution is -0.141. The van der Waals surface area contributed by atoms with Crippen molar-refractivity contribution < 1.29 is 23.8 Å². The first-order valence-corrected chi connectivity index (χ1v) is 5.92. The average molecular weight is 268 g/mol. The molecule has 2 unspecified atom stereocenters. The van der Waals surface area contributed by atoms with E-state index in [0.717, 1.165) is 0 Å². The standard InChI is InChI=1S/C12H16N2O5/c1-18-8-4-9(12(16)17)14(6-8)11(15)10-3-2-7(5-13)19-10/h2-3,8-9H,4-6,13H2,1H3,(H,16,17). The monoisotopic (exact) mass is 268 g/mol. The number of hydrogen-bond donors (Lipinski definition) is 2. The largest absolute Gasteiger partial charge is 0.480 e. The summed E-state index contributed by atoms with van der Waals surface area (Å²) in [4.78, 5) is 24.7. The molecular weight excluding hydrogens is 252 g/mol. The molecule has 2 heterocycles. The van der Waals surface area contributed by atoms with Crippen molar-refractivity contribution in [3.63, 3.8) is 0 Å². The molecule has 0 aliphatic carbocycles. The van der Waals surface area contributed by atoms with E-state index >= 15 is 0 Å². The molecule has 1 aliphatic rings. The van der Waals surface area contributed by atoms with Gasteiger partial charge in [0, 0.05) is 20.1 Å². The fourth-order valence-corrected chi connectivity index (χ4v) is 2.17. The van der Waals surface area contributed by atoms with Crippen LogP contribution in [0.1, 0.15) is 22.7 Å². The van der Waals surface area contributed by atoms with Crippen LogP contribution in [-0.4, -0.2) is 47.7 Å². The molecule has 0 saturated carbocycles. The Morgan fingerprint density at radius 1 is 1.58 bits per heavy atom. The summed E-state index contributed by atoms with van der Waals surface area (Å²) in [5, 5.41) is 9.14. The number of methoxy groups -OCH3 is 1. The van der Waals surface area contributed by atoms with Gasteiger partial charge in [0.25, 0.3) is 5.91 Å². The molecule has 3 N–H and O–H groups in total. The number of amides is 1. The van der Waals surface area contributed by atoms with Crippen molar-refractivity contribution in [2.24, 2.45) is 5.73 Å². The molecular formula is C12H16N2O5. The first-order chi connectivity index (χ1) is 9.06. The number of carbonyl (C=O) groups is 2. The van der Waals surface area contributed by atoms with Crippen LogP contribution < -0.4 is 5.73 Å². The molecule has 1 aliphatic heterocycles. The maximum atomic E-state index is 12.2. The number of nitrogens with zero attached hydrogens (tertiary/aromatic N) is 1. The minimum absolute atomic E-state index is 0.100. The normalized spacial score (nSPS) is 22.7. The second-order valence-corrected chi connectivity index (χ2v) is 4.38. The van der Waals surface area contributed by atoms with E-state index in [1.54, 1.807) is 6.07 Å². The summed E-state index contributed by atoms with van der Waals surface area (Å²) >= 11 is 0. The number of carbonyl (C=O) groups excluding carboxylic acids is 1. The number of carboxylic acid groups (broad SMARTS) is 1. The Kier molecular flexibility index (Phi) is 3.87. The van der Waals surface area contributed by atoms with Crippen LogP contribution in [0.3, 0.4) is 0 Å². The Morgan fingerprint density at radius 3 is 2.84 bits per heavy atom. The van der Waals surface area contributed by atoms with Gasteiger partial charge in [0.05, 0.1) is 12.6 Å². The highest BCUT2D eigenvalue weighted by atomic mass is 16.5. The van der Waals surface area contributed by atoms with Gasteiger partial charge in [0.15, 0.2) is 5.76 Å². The molecule has 0 radical (unpaired) electrons. The van der Waals surface area contributed by atoms with E-state index < -0.39 is 17.9 Å². The van der Waals surface area contributed by atoms with Gasteiger partial charge in [-0.05, 0) is 12.1 Å². The van der Waals surface area contributed by atoms with Gasteiger partial charge in [-0.1, -0.05) is 0 Å². The number of likely N-dealkylation sites (tertiary alicyclic amines) is 1. The summed E-state index contributed by atoms with van der Waals surface area (Å²) < 4.78 is 10.4. The molecule has 1 saturated heterocycles. The molecule has 0 bridgehead atoms. The number of rotatable bonds is 4. The minimum atomic E-state index is -1.04. The number of furan rings is 1. The summed E-state index contributed by atoms with van der Waals surface area (Å²) in [5.41, 5.74) is 5.40. The van der Waals surface area contributed by atoms with Crippen LogP contribution in [0.25, 0.3) is 0 Å². The zero-order chi connectivity index (χ0) is 14.0. The predicted octanol–water partition coefficient (Wildman–Crippen LogP) is 0.0524. The molecule has 19 heavy (non-hydrogen) atoms. The zero-order valence-corrected chi connectivity index (χ0v) is 10.5. The maximum Gasteiger partial charge on any atom is 0.326 e. The van der Waals surface area contributed by atoms with Crippen LogP contribution in [0.5, 0.6) is 0 Å². The highest BCUT2D eigenvalue weighted by Crippen LogP contribution is 2.23. The van der Waals surface area contributed by atoms with Gasteiger partial charge in [0.1, 0.15) is 11.8 Å². The van der Waals surface area contributed by atoms with Crippen molar-refractivity contribution in [1.29, 1.82) is 0 Å². The molecule has 1 aromatic heterocycles. The first kappa shape index (κ1) is 13.6. The van der Waals surface area contributed by atoms with Gasteiger partial charge < -0.3 is 24.9 Å². The Morgan fingerprint density at radius 2 is 2.32 bits per heavy atom. The lowest BCUT2D eigenvalue weighted by Crippen LogP contribution is -2.40. The second-order valence-electron chi connectivity index (χ2n) is 4.38. The molecule has 104 valence electrons. The van der Waals surface area contributed by atoms with Crippen LogP contribution in [0.15, 0.2) is 16.5 Å². The van der Waals surface area contributed by atoms with Crippen molar-refractivity contribution in [1.82, 2.24) is 4.90 Å². The average Bonchev–Trinajstić information content (AvgIpc) is 3.04. The first-order valence-electron chi connectivity index (χ1n) is 5.92. The third-order valence-electron chi connectivity index (χ3n) is 3.22. The van der Waals surface area contributed by atoms with Crippen molar-refractivity contribution in [3.05, 3.63) is 23.7 Å². The molecule has 1 fully saturated rings. The SMILES string of the molecule is COC1CC(C(=O)O)N(C(=O)c2ccc(CN)o2)C1. The number of aliphatic carboxylic acids is 1. The van der Waals surface area contributed by atoms with Crippen molar-refractivity contribution in [2.75, 3.05) is 13.7 Å².